The summed E-state index contributed by atoms with van der Waals surface area (Å²) in [6, 6.07) is 7.04. The molecule has 2 rings (SSSR count). The first-order valence-electron chi connectivity index (χ1n) is 9.83. The third kappa shape index (κ3) is 8.63. The van der Waals surface area contributed by atoms with Crippen molar-refractivity contribution < 1.29 is 8.42 Å². The molecule has 1 unspecified atom stereocenters. The molecule has 1 aliphatic rings. The van der Waals surface area contributed by atoms with Crippen molar-refractivity contribution >= 4 is 51.7 Å². The Balaban J connectivity index is 0.00000420. The third-order valence-corrected chi connectivity index (χ3v) is 7.78. The van der Waals surface area contributed by atoms with Crippen molar-refractivity contribution in [3.05, 3.63) is 29.8 Å². The molecule has 1 aromatic carbocycles. The number of guanidine groups is 1. The van der Waals surface area contributed by atoms with Gasteiger partial charge in [-0.2, -0.15) is 11.8 Å². The smallest absolute Gasteiger partial charge is 0.241 e. The Labute approximate surface area is 197 Å². The Morgan fingerprint density at radius 3 is 2.52 bits per heavy atom. The van der Waals surface area contributed by atoms with E-state index in [4.69, 9.17) is 0 Å². The Morgan fingerprint density at radius 1 is 1.24 bits per heavy atom. The number of thioether (sulfide) groups is 1. The molecule has 6 nitrogen and oxygen atoms in total. The van der Waals surface area contributed by atoms with Gasteiger partial charge in [0.25, 0.3) is 0 Å². The zero-order valence-corrected chi connectivity index (χ0v) is 22.0. The maximum absolute atomic E-state index is 12.8. The second kappa shape index (κ2) is 11.2. The van der Waals surface area contributed by atoms with Crippen molar-refractivity contribution in [2.45, 2.75) is 69.2 Å². The summed E-state index contributed by atoms with van der Waals surface area (Å²) in [7, 11) is -3.61. The predicted molar refractivity (Wildman–Crippen MR) is 135 cm³/mol. The molecule has 166 valence electrons. The molecule has 0 amide bonds. The summed E-state index contributed by atoms with van der Waals surface area (Å²) in [4.78, 5) is 4.92. The second-order valence-electron chi connectivity index (χ2n) is 8.41. The molecule has 0 radical (unpaired) electrons. The third-order valence-electron chi connectivity index (χ3n) is 4.38. The van der Waals surface area contributed by atoms with E-state index in [0.717, 1.165) is 13.1 Å². The Bertz CT molecular complexity index is 786. The second-order valence-corrected chi connectivity index (χ2v) is 11.7. The Hall–Kier alpha value is -0.520. The van der Waals surface area contributed by atoms with Gasteiger partial charge < -0.3 is 10.6 Å². The molecular weight excluding hydrogens is 519 g/mol. The normalized spacial score (nSPS) is 20.2. The molecule has 3 N–H and O–H groups in total. The van der Waals surface area contributed by atoms with Gasteiger partial charge in [-0.3, -0.25) is 0 Å². The van der Waals surface area contributed by atoms with Crippen LogP contribution >= 0.6 is 35.7 Å². The Morgan fingerprint density at radius 2 is 1.93 bits per heavy atom. The van der Waals surface area contributed by atoms with Crippen LogP contribution in [-0.2, 0) is 16.6 Å². The van der Waals surface area contributed by atoms with Crippen LogP contribution in [0.15, 0.2) is 34.2 Å². The van der Waals surface area contributed by atoms with Crippen LogP contribution in [0.3, 0.4) is 0 Å². The van der Waals surface area contributed by atoms with Gasteiger partial charge in [-0.1, -0.05) is 18.2 Å². The summed E-state index contributed by atoms with van der Waals surface area (Å²) in [6.07, 6.45) is 2.45. The van der Waals surface area contributed by atoms with E-state index in [-0.39, 0.29) is 33.6 Å². The first-order valence-corrected chi connectivity index (χ1v) is 12.3. The van der Waals surface area contributed by atoms with Crippen molar-refractivity contribution in [1.82, 2.24) is 15.4 Å². The fourth-order valence-electron chi connectivity index (χ4n) is 3.11. The van der Waals surface area contributed by atoms with E-state index < -0.39 is 15.6 Å². The van der Waals surface area contributed by atoms with Gasteiger partial charge in [0.15, 0.2) is 5.96 Å². The molecule has 1 atom stereocenters. The number of nitrogens with one attached hydrogen (secondary N) is 3. The summed E-state index contributed by atoms with van der Waals surface area (Å²) >= 11 is 2.00. The van der Waals surface area contributed by atoms with E-state index in [2.05, 4.69) is 27.3 Å². The highest BCUT2D eigenvalue weighted by molar-refractivity contribution is 14.0. The lowest BCUT2D eigenvalue weighted by atomic mass is 10.1. The van der Waals surface area contributed by atoms with Crippen LogP contribution in [-0.4, -0.2) is 43.5 Å². The monoisotopic (exact) mass is 554 g/mol. The maximum Gasteiger partial charge on any atom is 0.241 e. The summed E-state index contributed by atoms with van der Waals surface area (Å²) in [6.45, 7) is 11.7. The lowest BCUT2D eigenvalue weighted by Gasteiger charge is -2.24. The van der Waals surface area contributed by atoms with Gasteiger partial charge in [0, 0.05) is 23.4 Å². The number of rotatable bonds is 7. The largest absolute Gasteiger partial charge is 0.357 e. The molecule has 0 saturated carbocycles. The van der Waals surface area contributed by atoms with Gasteiger partial charge in [0.2, 0.25) is 10.0 Å². The Kier molecular flexibility index (Phi) is 10.2. The first kappa shape index (κ1) is 26.5. The lowest BCUT2D eigenvalue weighted by Crippen LogP contribution is -2.43. The zero-order chi connectivity index (χ0) is 20.8. The average molecular weight is 555 g/mol. The predicted octanol–water partition coefficient (Wildman–Crippen LogP) is 3.72. The molecule has 1 aromatic rings. The van der Waals surface area contributed by atoms with Crippen molar-refractivity contribution in [1.29, 1.82) is 0 Å². The van der Waals surface area contributed by atoms with E-state index in [1.54, 1.807) is 12.1 Å². The number of aliphatic imine (C=N–C) groups is 1. The van der Waals surface area contributed by atoms with Gasteiger partial charge in [0.05, 0.1) is 11.4 Å². The average Bonchev–Trinajstić information content (AvgIpc) is 3.02. The highest BCUT2D eigenvalue weighted by Crippen LogP contribution is 2.36. The van der Waals surface area contributed by atoms with Crippen molar-refractivity contribution in [3.63, 3.8) is 0 Å². The molecule has 1 fully saturated rings. The molecule has 0 aromatic heterocycles. The number of nitrogens with zero attached hydrogens (tertiary/aromatic N) is 1. The molecule has 29 heavy (non-hydrogen) atoms. The van der Waals surface area contributed by atoms with Crippen LogP contribution in [0.1, 0.15) is 53.0 Å². The van der Waals surface area contributed by atoms with Crippen molar-refractivity contribution in [3.8, 4) is 0 Å². The molecule has 1 aliphatic heterocycles. The highest BCUT2D eigenvalue weighted by Gasteiger charge is 2.29. The minimum absolute atomic E-state index is 0. The topological polar surface area (TPSA) is 82.6 Å². The number of hydrogen-bond donors (Lipinski definition) is 3. The molecule has 0 aliphatic carbocycles. The molecule has 1 saturated heterocycles. The van der Waals surface area contributed by atoms with Crippen LogP contribution < -0.4 is 15.4 Å². The molecule has 0 spiro atoms. The first-order chi connectivity index (χ1) is 13.0. The number of halogens is 1. The number of benzene rings is 1. The quantitative estimate of drug-likeness (QED) is 0.272. The summed E-state index contributed by atoms with van der Waals surface area (Å²) in [5.74, 6) is 1.92. The van der Waals surface area contributed by atoms with Gasteiger partial charge in [-0.05, 0) is 64.8 Å². The standard InChI is InChI=1S/C20H34N4O2S2.HI/c1-6-21-18(23-15-20(5)12-9-13-27-20)22-14-16-10-7-8-11-17(16)28(25,26)24-19(2,3)4;/h7-8,10-11,24H,6,9,12-15H2,1-5H3,(H2,21,22,23);1H. The van der Waals surface area contributed by atoms with E-state index in [9.17, 15) is 8.42 Å². The van der Waals surface area contributed by atoms with Crippen LogP contribution in [0.25, 0.3) is 0 Å². The van der Waals surface area contributed by atoms with E-state index in [1.807, 2.05) is 51.6 Å². The van der Waals surface area contributed by atoms with E-state index in [1.165, 1.54) is 18.6 Å². The SMILES string of the molecule is CCNC(=NCc1ccccc1S(=O)(=O)NC(C)(C)C)NCC1(C)CCCS1.I. The summed E-state index contributed by atoms with van der Waals surface area (Å²) in [5.41, 5.74) is 0.137. The zero-order valence-electron chi connectivity index (χ0n) is 18.0. The molecule has 1 heterocycles. The van der Waals surface area contributed by atoms with Crippen LogP contribution in [0.4, 0.5) is 0 Å². The highest BCUT2D eigenvalue weighted by atomic mass is 127. The van der Waals surface area contributed by atoms with E-state index in [0.29, 0.717) is 18.1 Å². The summed E-state index contributed by atoms with van der Waals surface area (Å²) in [5, 5.41) is 6.68. The van der Waals surface area contributed by atoms with Gasteiger partial charge in [0.1, 0.15) is 0 Å². The van der Waals surface area contributed by atoms with Gasteiger partial charge in [-0.25, -0.2) is 18.1 Å². The van der Waals surface area contributed by atoms with E-state index >= 15 is 0 Å². The number of sulfonamides is 1. The molecule has 9 heteroatoms. The van der Waals surface area contributed by atoms with Gasteiger partial charge in [-0.15, -0.1) is 24.0 Å². The maximum atomic E-state index is 12.8. The van der Waals surface area contributed by atoms with Crippen molar-refractivity contribution in [2.24, 2.45) is 4.99 Å². The fraction of sp³-hybridized carbons (Fsp3) is 0.650. The van der Waals surface area contributed by atoms with Crippen LogP contribution in [0, 0.1) is 0 Å². The summed E-state index contributed by atoms with van der Waals surface area (Å²) < 4.78 is 28.5. The minimum Gasteiger partial charge on any atom is -0.357 e. The van der Waals surface area contributed by atoms with Crippen LogP contribution in [0.2, 0.25) is 0 Å². The fourth-order valence-corrected chi connectivity index (χ4v) is 6.00. The van der Waals surface area contributed by atoms with Gasteiger partial charge >= 0.3 is 0 Å². The molecule has 0 bridgehead atoms. The lowest BCUT2D eigenvalue weighted by molar-refractivity contribution is 0.491. The van der Waals surface area contributed by atoms with Crippen molar-refractivity contribution in [2.75, 3.05) is 18.8 Å². The van der Waals surface area contributed by atoms with Crippen LogP contribution in [0.5, 0.6) is 0 Å². The number of hydrogen-bond acceptors (Lipinski definition) is 4. The minimum atomic E-state index is -3.61. The molecular formula is C20H35IN4O2S2.